The van der Waals surface area contributed by atoms with Gasteiger partial charge in [-0.3, -0.25) is 9.69 Å². The van der Waals surface area contributed by atoms with Gasteiger partial charge in [0.1, 0.15) is 11.3 Å². The Morgan fingerprint density at radius 3 is 2.22 bits per heavy atom. The molecule has 2 aliphatic heterocycles. The number of nitrogens with zero attached hydrogens (tertiary/aromatic N) is 2. The Kier molecular flexibility index (Phi) is 5.50. The summed E-state index contributed by atoms with van der Waals surface area (Å²) in [7, 11) is 0. The lowest BCUT2D eigenvalue weighted by atomic mass is 10.1. The van der Waals surface area contributed by atoms with Gasteiger partial charge in [0.05, 0.1) is 24.8 Å². The van der Waals surface area contributed by atoms with Gasteiger partial charge >= 0.3 is 18.0 Å². The third-order valence-electron chi connectivity index (χ3n) is 5.86. The molecule has 1 aromatic carbocycles. The molecule has 3 fully saturated rings. The van der Waals surface area contributed by atoms with Crippen LogP contribution in [-0.4, -0.2) is 56.0 Å². The second-order valence-corrected chi connectivity index (χ2v) is 9.29. The van der Waals surface area contributed by atoms with E-state index in [-0.39, 0.29) is 48.2 Å². The van der Waals surface area contributed by atoms with Crippen molar-refractivity contribution in [3.05, 3.63) is 23.8 Å². The number of rotatable bonds is 5. The smallest absolute Gasteiger partial charge is 0.415 e. The van der Waals surface area contributed by atoms with Gasteiger partial charge < -0.3 is 19.1 Å². The third kappa shape index (κ3) is 4.10. The van der Waals surface area contributed by atoms with E-state index in [4.69, 9.17) is 14.2 Å². The molecular weight excluding hydrogens is 426 g/mol. The third-order valence-corrected chi connectivity index (χ3v) is 5.86. The van der Waals surface area contributed by atoms with Crippen molar-refractivity contribution >= 4 is 29.4 Å². The van der Waals surface area contributed by atoms with Gasteiger partial charge in [-0.05, 0) is 39.5 Å². The van der Waals surface area contributed by atoms with Gasteiger partial charge in [-0.1, -0.05) is 0 Å². The van der Waals surface area contributed by atoms with Gasteiger partial charge in [0.15, 0.2) is 11.6 Å². The van der Waals surface area contributed by atoms with Gasteiger partial charge in [-0.2, -0.15) is 0 Å². The Balaban J connectivity index is 1.44. The molecule has 2 heterocycles. The fourth-order valence-electron chi connectivity index (χ4n) is 4.47. The van der Waals surface area contributed by atoms with Gasteiger partial charge in [0, 0.05) is 25.2 Å². The lowest BCUT2D eigenvalue weighted by molar-refractivity contribution is -0.157. The van der Waals surface area contributed by atoms with Crippen LogP contribution in [0.1, 0.15) is 27.7 Å². The monoisotopic (exact) mass is 452 g/mol. The Morgan fingerprint density at radius 1 is 1.09 bits per heavy atom. The van der Waals surface area contributed by atoms with E-state index in [1.165, 1.54) is 0 Å². The summed E-state index contributed by atoms with van der Waals surface area (Å²) in [5.74, 6) is -2.88. The Hall–Kier alpha value is -2.91. The highest BCUT2D eigenvalue weighted by molar-refractivity contribution is 5.94. The number of anilines is 2. The van der Waals surface area contributed by atoms with Crippen molar-refractivity contribution in [3.63, 3.8) is 0 Å². The summed E-state index contributed by atoms with van der Waals surface area (Å²) >= 11 is 0. The Morgan fingerprint density at radius 2 is 1.69 bits per heavy atom. The molecule has 1 aromatic rings. The summed E-state index contributed by atoms with van der Waals surface area (Å²) in [6.07, 6.45) is -2.03. The molecule has 4 rings (SSSR count). The van der Waals surface area contributed by atoms with Crippen molar-refractivity contribution in [2.75, 3.05) is 36.0 Å². The van der Waals surface area contributed by atoms with Crippen LogP contribution in [0.3, 0.4) is 0 Å². The van der Waals surface area contributed by atoms with Crippen molar-refractivity contribution in [2.45, 2.75) is 39.4 Å². The Bertz CT molecular complexity index is 927. The SMILES string of the molecule is CCOC(=O)[C@H]1CN(c2cc(F)c(N3C[C@@H]4C(C(=O)OC(C)(C)C)[C@@H]4C3)c(F)c2)C(=O)O1. The molecule has 1 aliphatic carbocycles. The molecule has 1 saturated carbocycles. The topological polar surface area (TPSA) is 85.4 Å². The molecule has 0 aromatic heterocycles. The number of fused-ring (bicyclic) bond motifs is 1. The second-order valence-electron chi connectivity index (χ2n) is 9.29. The van der Waals surface area contributed by atoms with Crippen LogP contribution in [0.4, 0.5) is 25.0 Å². The molecule has 2 saturated heterocycles. The maximum Gasteiger partial charge on any atom is 0.415 e. The van der Waals surface area contributed by atoms with Crippen molar-refractivity contribution in [1.82, 2.24) is 0 Å². The predicted octanol–water partition coefficient (Wildman–Crippen LogP) is 2.88. The van der Waals surface area contributed by atoms with Crippen LogP contribution in [0.15, 0.2) is 12.1 Å². The number of hydrogen-bond donors (Lipinski definition) is 0. The minimum Gasteiger partial charge on any atom is -0.463 e. The van der Waals surface area contributed by atoms with E-state index in [0.717, 1.165) is 17.0 Å². The quantitative estimate of drug-likeness (QED) is 0.502. The highest BCUT2D eigenvalue weighted by atomic mass is 19.1. The maximum absolute atomic E-state index is 14.9. The second kappa shape index (κ2) is 7.90. The van der Waals surface area contributed by atoms with E-state index in [0.29, 0.717) is 13.1 Å². The number of carbonyl (C=O) groups is 3. The van der Waals surface area contributed by atoms with Crippen molar-refractivity contribution in [1.29, 1.82) is 0 Å². The average Bonchev–Trinajstić information content (AvgIpc) is 2.99. The highest BCUT2D eigenvalue weighted by Gasteiger charge is 2.61. The number of benzene rings is 1. The van der Waals surface area contributed by atoms with Crippen LogP contribution in [0, 0.1) is 29.4 Å². The largest absolute Gasteiger partial charge is 0.463 e. The molecule has 10 heteroatoms. The minimum atomic E-state index is -1.15. The molecule has 0 bridgehead atoms. The fraction of sp³-hybridized carbons (Fsp3) is 0.591. The van der Waals surface area contributed by atoms with Crippen molar-refractivity contribution in [3.8, 4) is 0 Å². The first-order valence-corrected chi connectivity index (χ1v) is 10.6. The normalized spacial score (nSPS) is 26.6. The number of carbonyl (C=O) groups excluding carboxylic acids is 3. The van der Waals surface area contributed by atoms with Crippen LogP contribution < -0.4 is 9.80 Å². The number of ether oxygens (including phenoxy) is 3. The number of piperidine rings is 1. The number of cyclic esters (lactones) is 1. The number of esters is 2. The molecule has 1 amide bonds. The molecule has 0 N–H and O–H groups in total. The molecule has 32 heavy (non-hydrogen) atoms. The van der Waals surface area contributed by atoms with Crippen LogP contribution in [-0.2, 0) is 23.8 Å². The van der Waals surface area contributed by atoms with E-state index in [9.17, 15) is 23.2 Å². The van der Waals surface area contributed by atoms with E-state index in [1.54, 1.807) is 32.6 Å². The first-order valence-electron chi connectivity index (χ1n) is 10.6. The zero-order chi connectivity index (χ0) is 23.4. The summed E-state index contributed by atoms with van der Waals surface area (Å²) in [5, 5.41) is 0. The summed E-state index contributed by atoms with van der Waals surface area (Å²) in [5.41, 5.74) is -0.819. The maximum atomic E-state index is 14.9. The van der Waals surface area contributed by atoms with E-state index in [2.05, 4.69) is 0 Å². The van der Waals surface area contributed by atoms with Gasteiger partial charge in [0.25, 0.3) is 0 Å². The van der Waals surface area contributed by atoms with E-state index in [1.807, 2.05) is 0 Å². The summed E-state index contributed by atoms with van der Waals surface area (Å²) in [6.45, 7) is 7.63. The average molecular weight is 452 g/mol. The zero-order valence-electron chi connectivity index (χ0n) is 18.4. The molecule has 3 aliphatic rings. The molecule has 1 unspecified atom stereocenters. The zero-order valence-corrected chi connectivity index (χ0v) is 18.4. The first-order chi connectivity index (χ1) is 15.0. The summed E-state index contributed by atoms with van der Waals surface area (Å²) in [4.78, 5) is 38.8. The van der Waals surface area contributed by atoms with Crippen LogP contribution in [0.2, 0.25) is 0 Å². The Labute approximate surface area is 184 Å². The van der Waals surface area contributed by atoms with Crippen molar-refractivity contribution in [2.24, 2.45) is 17.8 Å². The minimum absolute atomic E-state index is 0.00206. The molecule has 174 valence electrons. The number of hydrogen-bond acceptors (Lipinski definition) is 7. The lowest BCUT2D eigenvalue weighted by Crippen LogP contribution is -2.31. The molecule has 8 nitrogen and oxygen atoms in total. The molecule has 4 atom stereocenters. The predicted molar refractivity (Wildman–Crippen MR) is 109 cm³/mol. The number of amides is 1. The van der Waals surface area contributed by atoms with Gasteiger partial charge in [0.2, 0.25) is 6.10 Å². The van der Waals surface area contributed by atoms with Crippen LogP contribution in [0.5, 0.6) is 0 Å². The van der Waals surface area contributed by atoms with Crippen LogP contribution >= 0.6 is 0 Å². The highest BCUT2D eigenvalue weighted by Crippen LogP contribution is 2.54. The van der Waals surface area contributed by atoms with E-state index >= 15 is 0 Å². The van der Waals surface area contributed by atoms with Crippen molar-refractivity contribution < 1.29 is 37.4 Å². The summed E-state index contributed by atoms with van der Waals surface area (Å²) < 4.78 is 45.0. The van der Waals surface area contributed by atoms with Gasteiger partial charge in [-0.25, -0.2) is 18.4 Å². The lowest BCUT2D eigenvalue weighted by Gasteiger charge is -2.25. The fourth-order valence-corrected chi connectivity index (χ4v) is 4.47. The van der Waals surface area contributed by atoms with Crippen LogP contribution in [0.25, 0.3) is 0 Å². The standard InChI is InChI=1S/C22H26F2N2O6/c1-5-30-19(27)16-10-26(21(29)31-16)11-6-14(23)18(15(24)7-11)25-8-12-13(9-25)17(12)20(28)32-22(2,3)4/h6-7,12-13,16-17H,5,8-10H2,1-4H3/t12-,13+,16-,17?/m1/s1. The molecule has 0 spiro atoms. The first kappa shape index (κ1) is 22.3. The number of halogens is 2. The summed E-state index contributed by atoms with van der Waals surface area (Å²) in [6, 6.07) is 2.09. The van der Waals surface area contributed by atoms with Gasteiger partial charge in [-0.15, -0.1) is 0 Å². The van der Waals surface area contributed by atoms with E-state index < -0.39 is 35.4 Å². The molecular formula is C22H26F2N2O6. The molecule has 0 radical (unpaired) electrons.